The molecular formula is C21H22N2O3. The Morgan fingerprint density at radius 3 is 2.54 bits per heavy atom. The Bertz CT molecular complexity index is 938. The molecule has 1 N–H and O–H groups in total. The normalized spacial score (nSPS) is 14.0. The zero-order chi connectivity index (χ0) is 18.1. The first kappa shape index (κ1) is 16.5. The van der Waals surface area contributed by atoms with Crippen LogP contribution in [-0.4, -0.2) is 26.1 Å². The predicted octanol–water partition coefficient (Wildman–Crippen LogP) is 4.60. The second-order valence-corrected chi connectivity index (χ2v) is 6.61. The molecule has 4 rings (SSSR count). The summed E-state index contributed by atoms with van der Waals surface area (Å²) in [6.45, 7) is 4.09. The van der Waals surface area contributed by atoms with E-state index in [0.29, 0.717) is 11.3 Å². The number of aryl methyl sites for hydroxylation is 1. The highest BCUT2D eigenvalue weighted by molar-refractivity contribution is 6.06. The molecule has 0 spiro atoms. The molecule has 1 aliphatic heterocycles. The van der Waals surface area contributed by atoms with Gasteiger partial charge in [-0.15, -0.1) is 0 Å². The van der Waals surface area contributed by atoms with Gasteiger partial charge < -0.3 is 19.4 Å². The molecule has 1 amide bonds. The number of benzene rings is 2. The summed E-state index contributed by atoms with van der Waals surface area (Å²) >= 11 is 0. The standard InChI is InChI=1S/C21H22N2O3/c1-14-18-13-17(25-2)9-10-19(18)26-20(14)21(24)22-15-5-7-16(8-6-15)23-11-3-4-12-23/h5-10,13H,3-4,11-12H2,1-2H3,(H,22,24). The van der Waals surface area contributed by atoms with E-state index in [9.17, 15) is 4.79 Å². The lowest BCUT2D eigenvalue weighted by atomic mass is 10.1. The van der Waals surface area contributed by atoms with Crippen molar-refractivity contribution in [2.24, 2.45) is 0 Å². The topological polar surface area (TPSA) is 54.7 Å². The number of furan rings is 1. The van der Waals surface area contributed by atoms with E-state index in [0.717, 1.165) is 35.5 Å². The minimum atomic E-state index is -0.244. The molecule has 1 aliphatic rings. The molecule has 3 aromatic rings. The summed E-state index contributed by atoms with van der Waals surface area (Å²) in [6.07, 6.45) is 2.49. The highest BCUT2D eigenvalue weighted by Gasteiger charge is 2.18. The average Bonchev–Trinajstić information content (AvgIpc) is 3.31. The van der Waals surface area contributed by atoms with Crippen molar-refractivity contribution in [1.29, 1.82) is 0 Å². The highest BCUT2D eigenvalue weighted by atomic mass is 16.5. The van der Waals surface area contributed by atoms with Gasteiger partial charge in [0.15, 0.2) is 5.76 Å². The molecule has 1 aromatic heterocycles. The van der Waals surface area contributed by atoms with Crippen molar-refractivity contribution in [2.75, 3.05) is 30.4 Å². The fourth-order valence-electron chi connectivity index (χ4n) is 3.46. The number of carbonyl (C=O) groups excluding carboxylic acids is 1. The summed E-state index contributed by atoms with van der Waals surface area (Å²) in [6, 6.07) is 13.5. The van der Waals surface area contributed by atoms with Gasteiger partial charge in [-0.1, -0.05) is 0 Å². The Hall–Kier alpha value is -2.95. The molecule has 134 valence electrons. The van der Waals surface area contributed by atoms with Crippen LogP contribution in [0.3, 0.4) is 0 Å². The first-order valence-electron chi connectivity index (χ1n) is 8.89. The number of carbonyl (C=O) groups is 1. The fourth-order valence-corrected chi connectivity index (χ4v) is 3.46. The summed E-state index contributed by atoms with van der Waals surface area (Å²) in [5.74, 6) is 0.828. The Labute approximate surface area is 152 Å². The fraction of sp³-hybridized carbons (Fsp3) is 0.286. The molecule has 26 heavy (non-hydrogen) atoms. The quantitative estimate of drug-likeness (QED) is 0.747. The van der Waals surface area contributed by atoms with E-state index >= 15 is 0 Å². The lowest BCUT2D eigenvalue weighted by Crippen LogP contribution is -2.17. The Balaban J connectivity index is 1.54. The molecule has 2 aromatic carbocycles. The Kier molecular flexibility index (Phi) is 4.29. The molecule has 1 saturated heterocycles. The summed E-state index contributed by atoms with van der Waals surface area (Å²) in [5, 5.41) is 3.81. The first-order chi connectivity index (χ1) is 12.7. The minimum absolute atomic E-state index is 0.244. The maximum Gasteiger partial charge on any atom is 0.291 e. The van der Waals surface area contributed by atoms with Crippen LogP contribution in [0.4, 0.5) is 11.4 Å². The molecule has 1 fully saturated rings. The van der Waals surface area contributed by atoms with Crippen LogP contribution >= 0.6 is 0 Å². The number of hydrogen-bond acceptors (Lipinski definition) is 4. The lowest BCUT2D eigenvalue weighted by Gasteiger charge is -2.17. The van der Waals surface area contributed by atoms with E-state index in [2.05, 4.69) is 22.3 Å². The van der Waals surface area contributed by atoms with Gasteiger partial charge >= 0.3 is 0 Å². The molecular weight excluding hydrogens is 328 g/mol. The van der Waals surface area contributed by atoms with Gasteiger partial charge in [-0.05, 0) is 62.2 Å². The van der Waals surface area contributed by atoms with Crippen molar-refractivity contribution >= 4 is 28.3 Å². The van der Waals surface area contributed by atoms with Crippen LogP contribution in [0.2, 0.25) is 0 Å². The third-order valence-corrected chi connectivity index (χ3v) is 4.95. The second kappa shape index (κ2) is 6.75. The van der Waals surface area contributed by atoms with Crippen LogP contribution in [0.25, 0.3) is 11.0 Å². The van der Waals surface area contributed by atoms with Gasteiger partial charge in [-0.3, -0.25) is 4.79 Å². The number of fused-ring (bicyclic) bond motifs is 1. The van der Waals surface area contributed by atoms with Crippen molar-refractivity contribution < 1.29 is 13.9 Å². The number of methoxy groups -OCH3 is 1. The van der Waals surface area contributed by atoms with Crippen LogP contribution < -0.4 is 15.0 Å². The Morgan fingerprint density at radius 2 is 1.85 bits per heavy atom. The molecule has 5 nitrogen and oxygen atoms in total. The minimum Gasteiger partial charge on any atom is -0.497 e. The van der Waals surface area contributed by atoms with Gasteiger partial charge in [-0.25, -0.2) is 0 Å². The van der Waals surface area contributed by atoms with E-state index in [1.54, 1.807) is 7.11 Å². The van der Waals surface area contributed by atoms with Gasteiger partial charge in [0.05, 0.1) is 7.11 Å². The molecule has 5 heteroatoms. The summed E-state index contributed by atoms with van der Waals surface area (Å²) in [7, 11) is 1.62. The van der Waals surface area contributed by atoms with Crippen LogP contribution in [0, 0.1) is 6.92 Å². The third kappa shape index (κ3) is 3.01. The zero-order valence-corrected chi connectivity index (χ0v) is 15.0. The van der Waals surface area contributed by atoms with Crippen LogP contribution in [0.5, 0.6) is 5.75 Å². The second-order valence-electron chi connectivity index (χ2n) is 6.61. The van der Waals surface area contributed by atoms with E-state index in [4.69, 9.17) is 9.15 Å². The molecule has 0 bridgehead atoms. The van der Waals surface area contributed by atoms with Crippen LogP contribution in [-0.2, 0) is 0 Å². The van der Waals surface area contributed by atoms with Crippen molar-refractivity contribution in [3.05, 3.63) is 53.8 Å². The largest absolute Gasteiger partial charge is 0.497 e. The van der Waals surface area contributed by atoms with Gasteiger partial charge in [0, 0.05) is 35.4 Å². The van der Waals surface area contributed by atoms with Crippen molar-refractivity contribution in [2.45, 2.75) is 19.8 Å². The predicted molar refractivity (Wildman–Crippen MR) is 103 cm³/mol. The van der Waals surface area contributed by atoms with Gasteiger partial charge in [0.25, 0.3) is 5.91 Å². The molecule has 0 radical (unpaired) electrons. The number of rotatable bonds is 4. The Morgan fingerprint density at radius 1 is 1.12 bits per heavy atom. The monoisotopic (exact) mass is 350 g/mol. The first-order valence-corrected chi connectivity index (χ1v) is 8.89. The third-order valence-electron chi connectivity index (χ3n) is 4.95. The summed E-state index contributed by atoms with van der Waals surface area (Å²) in [4.78, 5) is 15.0. The number of ether oxygens (including phenoxy) is 1. The number of nitrogens with one attached hydrogen (secondary N) is 1. The number of nitrogens with zero attached hydrogens (tertiary/aromatic N) is 1. The number of hydrogen-bond donors (Lipinski definition) is 1. The molecule has 0 aliphatic carbocycles. The SMILES string of the molecule is COc1ccc2oc(C(=O)Nc3ccc(N4CCCC4)cc3)c(C)c2c1. The summed E-state index contributed by atoms with van der Waals surface area (Å²) in [5.41, 5.74) is 3.45. The number of anilines is 2. The molecule has 0 unspecified atom stereocenters. The van der Waals surface area contributed by atoms with E-state index in [-0.39, 0.29) is 5.91 Å². The lowest BCUT2D eigenvalue weighted by molar-refractivity contribution is 0.0998. The van der Waals surface area contributed by atoms with E-state index < -0.39 is 0 Å². The molecule has 2 heterocycles. The zero-order valence-electron chi connectivity index (χ0n) is 15.0. The maximum absolute atomic E-state index is 12.7. The maximum atomic E-state index is 12.7. The van der Waals surface area contributed by atoms with E-state index in [1.165, 1.54) is 18.5 Å². The molecule has 0 atom stereocenters. The van der Waals surface area contributed by atoms with Crippen molar-refractivity contribution in [3.63, 3.8) is 0 Å². The van der Waals surface area contributed by atoms with Crippen LogP contribution in [0.1, 0.15) is 29.0 Å². The van der Waals surface area contributed by atoms with Gasteiger partial charge in [0.1, 0.15) is 11.3 Å². The highest BCUT2D eigenvalue weighted by Crippen LogP contribution is 2.29. The average molecular weight is 350 g/mol. The van der Waals surface area contributed by atoms with Crippen molar-refractivity contribution in [3.8, 4) is 5.75 Å². The number of amides is 1. The van der Waals surface area contributed by atoms with Crippen molar-refractivity contribution in [1.82, 2.24) is 0 Å². The van der Waals surface area contributed by atoms with Crippen LogP contribution in [0.15, 0.2) is 46.9 Å². The van der Waals surface area contributed by atoms with Gasteiger partial charge in [0.2, 0.25) is 0 Å². The summed E-state index contributed by atoms with van der Waals surface area (Å²) < 4.78 is 11.0. The smallest absolute Gasteiger partial charge is 0.291 e. The molecule has 0 saturated carbocycles. The van der Waals surface area contributed by atoms with Gasteiger partial charge in [-0.2, -0.15) is 0 Å². The van der Waals surface area contributed by atoms with E-state index in [1.807, 2.05) is 37.3 Å².